The van der Waals surface area contributed by atoms with Gasteiger partial charge in [-0.1, -0.05) is 56.1 Å². The maximum Gasteiger partial charge on any atom is 0.0661 e. The predicted octanol–water partition coefficient (Wildman–Crippen LogP) is 6.20. The number of hydrogen-bond donors (Lipinski definition) is 2. The molecule has 0 radical (unpaired) electrons. The van der Waals surface area contributed by atoms with Crippen LogP contribution in [-0.2, 0) is 0 Å². The second-order valence-corrected chi connectivity index (χ2v) is 11.4. The molecule has 0 aromatic carbocycles. The van der Waals surface area contributed by atoms with Gasteiger partial charge in [-0.25, -0.2) is 0 Å². The highest BCUT2D eigenvalue weighted by atomic mass is 16.3. The molecule has 8 atom stereocenters. The predicted molar refractivity (Wildman–Crippen MR) is 120 cm³/mol. The van der Waals surface area contributed by atoms with Gasteiger partial charge in [-0.05, 0) is 81.0 Å². The van der Waals surface area contributed by atoms with Gasteiger partial charge in [0.2, 0.25) is 0 Å². The smallest absolute Gasteiger partial charge is 0.0661 e. The van der Waals surface area contributed by atoms with Crippen LogP contribution in [0.15, 0.2) is 35.5 Å². The first kappa shape index (κ1) is 21.4. The first-order chi connectivity index (χ1) is 13.7. The Labute approximate surface area is 178 Å². The number of aliphatic hydroxyl groups excluding tert-OH is 2. The Bertz CT molecular complexity index is 718. The number of aliphatic hydroxyl groups is 2. The molecule has 4 aliphatic carbocycles. The van der Waals surface area contributed by atoms with Gasteiger partial charge in [0, 0.05) is 11.8 Å². The van der Waals surface area contributed by atoms with Gasteiger partial charge >= 0.3 is 0 Å². The lowest BCUT2D eigenvalue weighted by Crippen LogP contribution is -2.52. The minimum atomic E-state index is -0.422. The van der Waals surface area contributed by atoms with Crippen molar-refractivity contribution in [2.75, 3.05) is 0 Å². The molecule has 0 aromatic rings. The summed E-state index contributed by atoms with van der Waals surface area (Å²) in [5.74, 6) is 2.72. The zero-order valence-electron chi connectivity index (χ0n) is 19.1. The number of allylic oxidation sites excluding steroid dienone is 4. The molecule has 0 aliphatic heterocycles. The Morgan fingerprint density at radius 1 is 1.17 bits per heavy atom. The molecular weight excluding hydrogens is 356 g/mol. The Morgan fingerprint density at radius 3 is 2.66 bits per heavy atom. The first-order valence-corrected chi connectivity index (χ1v) is 12.1. The van der Waals surface area contributed by atoms with Crippen molar-refractivity contribution in [1.29, 1.82) is 0 Å². The largest absolute Gasteiger partial charge is 0.393 e. The molecular formula is C27H42O2. The zero-order valence-corrected chi connectivity index (χ0v) is 19.1. The van der Waals surface area contributed by atoms with E-state index >= 15 is 0 Å². The number of hydrogen-bond acceptors (Lipinski definition) is 2. The van der Waals surface area contributed by atoms with E-state index in [1.165, 1.54) is 56.1 Å². The van der Waals surface area contributed by atoms with Crippen LogP contribution in [0, 0.1) is 34.5 Å². The monoisotopic (exact) mass is 398 g/mol. The van der Waals surface area contributed by atoms with Gasteiger partial charge in [-0.15, -0.1) is 6.58 Å². The molecule has 0 spiro atoms. The molecule has 4 aliphatic rings. The molecule has 3 fully saturated rings. The lowest BCUT2D eigenvalue weighted by Gasteiger charge is -2.56. The van der Waals surface area contributed by atoms with Crippen molar-refractivity contribution < 1.29 is 10.2 Å². The number of rotatable bonds is 5. The van der Waals surface area contributed by atoms with Gasteiger partial charge in [0.15, 0.2) is 0 Å². The third-order valence-electron chi connectivity index (χ3n) is 9.67. The molecule has 0 saturated heterocycles. The van der Waals surface area contributed by atoms with Crippen molar-refractivity contribution in [3.05, 3.63) is 35.5 Å². The van der Waals surface area contributed by atoms with Crippen LogP contribution in [-0.4, -0.2) is 22.4 Å². The van der Waals surface area contributed by atoms with Gasteiger partial charge in [-0.3, -0.25) is 0 Å². The molecule has 162 valence electrons. The minimum absolute atomic E-state index is 0.171. The quantitative estimate of drug-likeness (QED) is 0.541. The van der Waals surface area contributed by atoms with E-state index in [4.69, 9.17) is 0 Å². The van der Waals surface area contributed by atoms with Crippen LogP contribution < -0.4 is 0 Å². The van der Waals surface area contributed by atoms with Gasteiger partial charge in [0.25, 0.3) is 0 Å². The third-order valence-corrected chi connectivity index (χ3v) is 9.67. The SMILES string of the molecule is C=C(C)CCC[C@@H](C)[C@H]1CC[C@@H]2C3=CC=C4C[C@H](O)CC(O)[C@]4(C)[C@H]3CC[C@@]21C. The molecule has 2 N–H and O–H groups in total. The van der Waals surface area contributed by atoms with E-state index in [-0.39, 0.29) is 11.5 Å². The molecule has 2 heteroatoms. The Hall–Kier alpha value is -0.860. The van der Waals surface area contributed by atoms with E-state index in [1.807, 2.05) is 0 Å². The lowest BCUT2D eigenvalue weighted by atomic mass is 9.49. The molecule has 0 amide bonds. The summed E-state index contributed by atoms with van der Waals surface area (Å²) >= 11 is 0. The van der Waals surface area contributed by atoms with Crippen molar-refractivity contribution in [3.8, 4) is 0 Å². The third kappa shape index (κ3) is 3.39. The topological polar surface area (TPSA) is 40.5 Å². The van der Waals surface area contributed by atoms with Crippen molar-refractivity contribution in [2.24, 2.45) is 34.5 Å². The summed E-state index contributed by atoms with van der Waals surface area (Å²) in [6, 6.07) is 0. The fraction of sp³-hybridized carbons (Fsp3) is 0.778. The maximum atomic E-state index is 11.0. The summed E-state index contributed by atoms with van der Waals surface area (Å²) in [4.78, 5) is 0. The molecule has 4 rings (SSSR count). The van der Waals surface area contributed by atoms with Crippen LogP contribution in [0.25, 0.3) is 0 Å². The average Bonchev–Trinajstić information content (AvgIpc) is 3.00. The van der Waals surface area contributed by atoms with E-state index < -0.39 is 6.10 Å². The Morgan fingerprint density at radius 2 is 1.93 bits per heavy atom. The summed E-state index contributed by atoms with van der Waals surface area (Å²) in [5, 5.41) is 21.2. The van der Waals surface area contributed by atoms with Gasteiger partial charge in [0.1, 0.15) is 0 Å². The van der Waals surface area contributed by atoms with Gasteiger partial charge in [-0.2, -0.15) is 0 Å². The van der Waals surface area contributed by atoms with E-state index in [1.54, 1.807) is 5.57 Å². The van der Waals surface area contributed by atoms with Crippen molar-refractivity contribution in [2.45, 2.75) is 97.7 Å². The van der Waals surface area contributed by atoms with E-state index in [9.17, 15) is 10.2 Å². The second-order valence-electron chi connectivity index (χ2n) is 11.4. The molecule has 0 heterocycles. The highest BCUT2D eigenvalue weighted by Gasteiger charge is 2.58. The Kier molecular flexibility index (Phi) is 5.66. The zero-order chi connectivity index (χ0) is 21.0. The van der Waals surface area contributed by atoms with Crippen LogP contribution >= 0.6 is 0 Å². The van der Waals surface area contributed by atoms with Crippen LogP contribution in [0.4, 0.5) is 0 Å². The molecule has 29 heavy (non-hydrogen) atoms. The average molecular weight is 399 g/mol. The van der Waals surface area contributed by atoms with Crippen molar-refractivity contribution >= 4 is 0 Å². The summed E-state index contributed by atoms with van der Waals surface area (Å²) in [7, 11) is 0. The van der Waals surface area contributed by atoms with Gasteiger partial charge in [0.05, 0.1) is 12.2 Å². The van der Waals surface area contributed by atoms with E-state index in [0.29, 0.717) is 23.7 Å². The normalized spacial score (nSPS) is 44.8. The molecule has 0 bridgehead atoms. The first-order valence-electron chi connectivity index (χ1n) is 12.1. The van der Waals surface area contributed by atoms with E-state index in [2.05, 4.69) is 46.4 Å². The maximum absolute atomic E-state index is 11.0. The van der Waals surface area contributed by atoms with Crippen LogP contribution in [0.2, 0.25) is 0 Å². The lowest BCUT2D eigenvalue weighted by molar-refractivity contribution is -0.0544. The fourth-order valence-corrected chi connectivity index (χ4v) is 7.95. The summed E-state index contributed by atoms with van der Waals surface area (Å²) in [6.45, 7) is 13.6. The standard InChI is InChI=1S/C27H42O2/c1-17(2)7-6-8-18(3)22-11-12-23-21-10-9-19-15-20(28)16-25(29)27(19,5)24(21)13-14-26(22,23)4/h9-10,18,20,22-25,28-29H,1,6-8,11-16H2,2-5H3/t18-,20+,22-,23-,24+,25?,26-,27+/m1/s1. The van der Waals surface area contributed by atoms with Crippen LogP contribution in [0.1, 0.15) is 85.5 Å². The molecule has 0 aromatic heterocycles. The highest BCUT2D eigenvalue weighted by Crippen LogP contribution is 2.66. The van der Waals surface area contributed by atoms with Crippen molar-refractivity contribution in [1.82, 2.24) is 0 Å². The Balaban J connectivity index is 1.56. The van der Waals surface area contributed by atoms with Crippen LogP contribution in [0.3, 0.4) is 0 Å². The molecule has 2 nitrogen and oxygen atoms in total. The van der Waals surface area contributed by atoms with Crippen LogP contribution in [0.5, 0.6) is 0 Å². The van der Waals surface area contributed by atoms with Gasteiger partial charge < -0.3 is 10.2 Å². The summed E-state index contributed by atoms with van der Waals surface area (Å²) in [5.41, 5.74) is 4.45. The minimum Gasteiger partial charge on any atom is -0.393 e. The van der Waals surface area contributed by atoms with Crippen molar-refractivity contribution in [3.63, 3.8) is 0 Å². The molecule has 1 unspecified atom stereocenters. The fourth-order valence-electron chi connectivity index (χ4n) is 7.95. The molecule has 3 saturated carbocycles. The second kappa shape index (κ2) is 7.68. The van der Waals surface area contributed by atoms with E-state index in [0.717, 1.165) is 18.3 Å². The number of fused-ring (bicyclic) bond motifs is 5. The highest BCUT2D eigenvalue weighted by molar-refractivity contribution is 5.40. The summed E-state index contributed by atoms with van der Waals surface area (Å²) < 4.78 is 0. The summed E-state index contributed by atoms with van der Waals surface area (Å²) in [6.07, 6.45) is 14.0.